The average Bonchev–Trinajstić information content (AvgIpc) is 2.24. The van der Waals surface area contributed by atoms with Crippen molar-refractivity contribution in [1.82, 2.24) is 4.90 Å². The van der Waals surface area contributed by atoms with Crippen LogP contribution in [0.2, 0.25) is 0 Å². The Balaban J connectivity index is 4.73. The molecule has 0 aromatic heterocycles. The molecule has 0 rings (SSSR count). The van der Waals surface area contributed by atoms with Crippen molar-refractivity contribution in [2.45, 2.75) is 57.5 Å². The van der Waals surface area contributed by atoms with E-state index in [9.17, 15) is 20.4 Å². The van der Waals surface area contributed by atoms with Gasteiger partial charge in [0.05, 0.1) is 12.2 Å². The highest BCUT2D eigenvalue weighted by atomic mass is 16.3. The summed E-state index contributed by atoms with van der Waals surface area (Å²) in [4.78, 5) is 1.81. The molecule has 0 amide bonds. The van der Waals surface area contributed by atoms with Gasteiger partial charge in [0, 0.05) is 13.1 Å². The minimum atomic E-state index is -1.27. The smallest absolute Gasteiger partial charge is 0.100 e. The van der Waals surface area contributed by atoms with Crippen LogP contribution in [0.1, 0.15) is 34.1 Å². The van der Waals surface area contributed by atoms with Crippen LogP contribution in [0.15, 0.2) is 0 Å². The van der Waals surface area contributed by atoms with Crippen LogP contribution in [0.4, 0.5) is 0 Å². The Bertz CT molecular complexity index is 233. The molecule has 0 aromatic carbocycles. The predicted octanol–water partition coefficient (Wildman–Crippen LogP) is -1.10. The predicted molar refractivity (Wildman–Crippen MR) is 74.7 cm³/mol. The molecule has 0 bridgehead atoms. The van der Waals surface area contributed by atoms with E-state index in [-0.39, 0.29) is 13.1 Å². The zero-order valence-electron chi connectivity index (χ0n) is 12.5. The second-order valence-electron chi connectivity index (χ2n) is 5.92. The van der Waals surface area contributed by atoms with E-state index in [4.69, 9.17) is 5.73 Å². The molecule has 0 saturated heterocycles. The third kappa shape index (κ3) is 6.65. The van der Waals surface area contributed by atoms with Gasteiger partial charge in [0.1, 0.15) is 11.2 Å². The fourth-order valence-corrected chi connectivity index (χ4v) is 1.70. The van der Waals surface area contributed by atoms with Crippen molar-refractivity contribution in [2.75, 3.05) is 26.2 Å². The largest absolute Gasteiger partial charge is 0.390 e. The van der Waals surface area contributed by atoms with E-state index >= 15 is 0 Å². The van der Waals surface area contributed by atoms with Crippen molar-refractivity contribution in [2.24, 2.45) is 5.73 Å². The van der Waals surface area contributed by atoms with Gasteiger partial charge in [-0.25, -0.2) is 0 Å². The van der Waals surface area contributed by atoms with Gasteiger partial charge in [-0.3, -0.25) is 4.90 Å². The van der Waals surface area contributed by atoms with E-state index in [2.05, 4.69) is 0 Å². The monoisotopic (exact) mass is 278 g/mol. The first-order valence-corrected chi connectivity index (χ1v) is 6.76. The fourth-order valence-electron chi connectivity index (χ4n) is 1.70. The zero-order chi connectivity index (χ0) is 15.3. The fraction of sp³-hybridized carbons (Fsp3) is 1.00. The van der Waals surface area contributed by atoms with Crippen LogP contribution < -0.4 is 5.73 Å². The summed E-state index contributed by atoms with van der Waals surface area (Å²) in [6.07, 6.45) is -1.06. The van der Waals surface area contributed by atoms with Crippen molar-refractivity contribution >= 4 is 0 Å². The Labute approximate surface area is 115 Å². The number of nitrogens with zero attached hydrogens (tertiary/aromatic N) is 1. The van der Waals surface area contributed by atoms with Crippen LogP contribution in [0, 0.1) is 0 Å². The normalized spacial score (nSPS) is 21.8. The van der Waals surface area contributed by atoms with Crippen LogP contribution >= 0.6 is 0 Å². The number of rotatable bonds is 9. The molecule has 0 aliphatic rings. The lowest BCUT2D eigenvalue weighted by molar-refractivity contribution is -0.103. The number of nitrogens with two attached hydrogens (primary N) is 1. The lowest BCUT2D eigenvalue weighted by Gasteiger charge is -2.38. The summed E-state index contributed by atoms with van der Waals surface area (Å²) in [6.45, 7) is 7.63. The molecule has 0 saturated carbocycles. The van der Waals surface area contributed by atoms with E-state index in [0.717, 1.165) is 0 Å². The van der Waals surface area contributed by atoms with Crippen molar-refractivity contribution in [1.29, 1.82) is 0 Å². The minimum Gasteiger partial charge on any atom is -0.390 e. The van der Waals surface area contributed by atoms with Gasteiger partial charge in [0.25, 0.3) is 0 Å². The Morgan fingerprint density at radius 2 is 1.37 bits per heavy atom. The van der Waals surface area contributed by atoms with Crippen molar-refractivity contribution in [3.63, 3.8) is 0 Å². The maximum Gasteiger partial charge on any atom is 0.100 e. The molecule has 4 atom stereocenters. The van der Waals surface area contributed by atoms with E-state index in [1.54, 1.807) is 13.8 Å². The van der Waals surface area contributed by atoms with Gasteiger partial charge in [-0.05, 0) is 47.2 Å². The van der Waals surface area contributed by atoms with E-state index in [1.807, 2.05) is 4.90 Å². The third-order valence-electron chi connectivity index (χ3n) is 3.57. The third-order valence-corrected chi connectivity index (χ3v) is 3.57. The summed E-state index contributed by atoms with van der Waals surface area (Å²) in [5.41, 5.74) is 2.92. The molecular weight excluding hydrogens is 248 g/mol. The van der Waals surface area contributed by atoms with Crippen LogP contribution in [0.5, 0.6) is 0 Å². The van der Waals surface area contributed by atoms with E-state index < -0.39 is 23.4 Å². The lowest BCUT2D eigenvalue weighted by atomic mass is 9.96. The quantitative estimate of drug-likeness (QED) is 0.366. The summed E-state index contributed by atoms with van der Waals surface area (Å²) in [5.74, 6) is 0. The number of aliphatic hydroxyl groups is 4. The summed E-state index contributed by atoms with van der Waals surface area (Å²) in [7, 11) is 0. The number of hydrogen-bond donors (Lipinski definition) is 5. The Kier molecular flexibility index (Phi) is 7.42. The lowest BCUT2D eigenvalue weighted by Crippen LogP contribution is -2.54. The first kappa shape index (κ1) is 18.8. The van der Waals surface area contributed by atoms with Gasteiger partial charge in [0.2, 0.25) is 0 Å². The molecule has 0 aliphatic heterocycles. The van der Waals surface area contributed by atoms with Gasteiger partial charge < -0.3 is 26.2 Å². The Hall–Kier alpha value is -0.240. The molecule has 0 heterocycles. The Morgan fingerprint density at radius 1 is 1.00 bits per heavy atom. The summed E-state index contributed by atoms with van der Waals surface area (Å²) in [6, 6.07) is 0. The molecule has 116 valence electrons. The van der Waals surface area contributed by atoms with Gasteiger partial charge >= 0.3 is 0 Å². The second-order valence-corrected chi connectivity index (χ2v) is 5.92. The molecule has 0 aromatic rings. The maximum atomic E-state index is 10.1. The molecule has 0 aliphatic carbocycles. The van der Waals surface area contributed by atoms with Gasteiger partial charge in [0.15, 0.2) is 0 Å². The summed E-state index contributed by atoms with van der Waals surface area (Å²) in [5, 5.41) is 39.4. The van der Waals surface area contributed by atoms with Crippen LogP contribution in [-0.2, 0) is 0 Å². The van der Waals surface area contributed by atoms with Gasteiger partial charge in [-0.15, -0.1) is 0 Å². The Morgan fingerprint density at radius 3 is 1.63 bits per heavy atom. The standard InChI is InChI=1S/C13H30N2O4/c1-10(16)12(3,18)8-15(7-5-6-14)9-13(4,19)11(2)17/h10-11,16-19H,5-9,14H2,1-4H3. The molecule has 0 spiro atoms. The van der Waals surface area contributed by atoms with E-state index in [1.165, 1.54) is 13.8 Å². The molecule has 4 unspecified atom stereocenters. The van der Waals surface area contributed by atoms with Crippen molar-refractivity contribution < 1.29 is 20.4 Å². The van der Waals surface area contributed by atoms with E-state index in [0.29, 0.717) is 19.5 Å². The topological polar surface area (TPSA) is 110 Å². The molecule has 0 fully saturated rings. The molecule has 0 radical (unpaired) electrons. The van der Waals surface area contributed by atoms with Crippen LogP contribution in [0.25, 0.3) is 0 Å². The SMILES string of the molecule is CC(O)C(C)(O)CN(CCCN)CC(C)(O)C(C)O. The maximum absolute atomic E-state index is 10.1. The van der Waals surface area contributed by atoms with Gasteiger partial charge in [-0.2, -0.15) is 0 Å². The molecule has 19 heavy (non-hydrogen) atoms. The van der Waals surface area contributed by atoms with Crippen molar-refractivity contribution in [3.05, 3.63) is 0 Å². The molecule has 6 nitrogen and oxygen atoms in total. The van der Waals surface area contributed by atoms with Crippen LogP contribution in [0.3, 0.4) is 0 Å². The number of aliphatic hydroxyl groups excluding tert-OH is 2. The molecule has 6 N–H and O–H groups in total. The van der Waals surface area contributed by atoms with Gasteiger partial charge in [-0.1, -0.05) is 0 Å². The number of hydrogen-bond acceptors (Lipinski definition) is 6. The first-order valence-electron chi connectivity index (χ1n) is 6.76. The minimum absolute atomic E-state index is 0.202. The summed E-state index contributed by atoms with van der Waals surface area (Å²) >= 11 is 0. The molecular formula is C13H30N2O4. The highest BCUT2D eigenvalue weighted by Crippen LogP contribution is 2.17. The highest BCUT2D eigenvalue weighted by molar-refractivity contribution is 4.88. The van der Waals surface area contributed by atoms with Crippen molar-refractivity contribution in [3.8, 4) is 0 Å². The molecule has 6 heteroatoms. The first-order chi connectivity index (χ1) is 8.53. The highest BCUT2D eigenvalue weighted by Gasteiger charge is 2.34. The van der Waals surface area contributed by atoms with Crippen LogP contribution in [-0.4, -0.2) is 74.9 Å². The summed E-state index contributed by atoms with van der Waals surface area (Å²) < 4.78 is 0. The zero-order valence-corrected chi connectivity index (χ0v) is 12.5. The second kappa shape index (κ2) is 7.52. The average molecular weight is 278 g/mol.